The maximum atomic E-state index is 11.9. The molecule has 1 aromatic heterocycles. The quantitative estimate of drug-likeness (QED) is 0.521. The number of hydrogen-bond donors (Lipinski definition) is 2. The van der Waals surface area contributed by atoms with E-state index in [4.69, 9.17) is 16.3 Å². The first kappa shape index (κ1) is 17.6. The zero-order chi connectivity index (χ0) is 18.4. The smallest absolute Gasteiger partial charge is 0.339 e. The van der Waals surface area contributed by atoms with Crippen LogP contribution < -0.4 is 15.5 Å². The number of halogens is 1. The van der Waals surface area contributed by atoms with E-state index in [1.165, 1.54) is 0 Å². The number of carbonyl (C=O) groups excluding carboxylic acids is 1. The van der Waals surface area contributed by atoms with Gasteiger partial charge in [0.15, 0.2) is 0 Å². The Bertz CT molecular complexity index is 919. The molecular weight excluding hydrogens is 352 g/mol. The Labute approximate surface area is 156 Å². The van der Waals surface area contributed by atoms with Crippen molar-refractivity contribution in [2.75, 3.05) is 12.4 Å². The minimum Gasteiger partial charge on any atom is -0.497 e. The Morgan fingerprint density at radius 1 is 1.15 bits per heavy atom. The Hall–Kier alpha value is -3.25. The predicted molar refractivity (Wildman–Crippen MR) is 104 cm³/mol. The molecular formula is C19H17ClN4O2. The van der Waals surface area contributed by atoms with Crippen molar-refractivity contribution in [1.82, 2.24) is 9.99 Å². The van der Waals surface area contributed by atoms with Gasteiger partial charge in [-0.05, 0) is 54.6 Å². The van der Waals surface area contributed by atoms with Crippen molar-refractivity contribution in [3.63, 3.8) is 0 Å². The van der Waals surface area contributed by atoms with Crippen molar-refractivity contribution in [1.29, 1.82) is 0 Å². The summed E-state index contributed by atoms with van der Waals surface area (Å²) in [4.78, 5) is 11.9. The maximum absolute atomic E-state index is 11.9. The van der Waals surface area contributed by atoms with Crippen LogP contribution in [0.1, 0.15) is 5.69 Å². The van der Waals surface area contributed by atoms with Crippen molar-refractivity contribution in [3.8, 4) is 11.4 Å². The number of carbonyl (C=O) groups is 1. The van der Waals surface area contributed by atoms with Crippen LogP contribution in [0.5, 0.6) is 5.75 Å². The summed E-state index contributed by atoms with van der Waals surface area (Å²) in [6.07, 6.45) is 3.48. The molecule has 2 amide bonds. The second kappa shape index (κ2) is 8.22. The summed E-state index contributed by atoms with van der Waals surface area (Å²) in [6, 6.07) is 17.9. The molecule has 26 heavy (non-hydrogen) atoms. The van der Waals surface area contributed by atoms with Gasteiger partial charge in [-0.1, -0.05) is 17.7 Å². The minimum atomic E-state index is -0.453. The highest BCUT2D eigenvalue weighted by molar-refractivity contribution is 6.30. The molecule has 0 aliphatic rings. The number of benzene rings is 2. The Balaban J connectivity index is 1.64. The van der Waals surface area contributed by atoms with Gasteiger partial charge in [0.1, 0.15) is 5.75 Å². The average Bonchev–Trinajstić information content (AvgIpc) is 3.10. The summed E-state index contributed by atoms with van der Waals surface area (Å²) in [5, 5.41) is 7.18. The number of nitrogens with zero attached hydrogens (tertiary/aromatic N) is 2. The summed E-state index contributed by atoms with van der Waals surface area (Å²) >= 11 is 5.88. The number of hydrazone groups is 1. The molecule has 0 saturated carbocycles. The molecule has 2 N–H and O–H groups in total. The number of amides is 2. The lowest BCUT2D eigenvalue weighted by molar-refractivity contribution is 0.252. The van der Waals surface area contributed by atoms with E-state index in [1.54, 1.807) is 37.6 Å². The standard InChI is InChI=1S/C19H17ClN4O2/c1-26-18-9-7-16(8-10-18)24-11-3-6-17(24)13-21-23-19(25)22-15-5-2-4-14(20)12-15/h2-13H,1H3,(H2,22,23,25)/b21-13+. The molecule has 0 saturated heterocycles. The van der Waals surface area contributed by atoms with Gasteiger partial charge in [-0.15, -0.1) is 0 Å². The molecule has 132 valence electrons. The van der Waals surface area contributed by atoms with Crippen LogP contribution >= 0.6 is 11.6 Å². The molecule has 0 fully saturated rings. The number of nitrogens with one attached hydrogen (secondary N) is 2. The fourth-order valence-electron chi connectivity index (χ4n) is 2.36. The van der Waals surface area contributed by atoms with E-state index in [9.17, 15) is 4.79 Å². The number of ether oxygens (including phenoxy) is 1. The van der Waals surface area contributed by atoms with Gasteiger partial charge < -0.3 is 14.6 Å². The first-order valence-corrected chi connectivity index (χ1v) is 8.21. The van der Waals surface area contributed by atoms with Crippen molar-refractivity contribution in [3.05, 3.63) is 77.6 Å². The van der Waals surface area contributed by atoms with Crippen LogP contribution in [0.4, 0.5) is 10.5 Å². The zero-order valence-corrected chi connectivity index (χ0v) is 14.8. The molecule has 7 heteroatoms. The fraction of sp³-hybridized carbons (Fsp3) is 0.0526. The number of anilines is 1. The normalized spacial score (nSPS) is 10.7. The molecule has 6 nitrogen and oxygen atoms in total. The lowest BCUT2D eigenvalue weighted by atomic mass is 10.3. The van der Waals surface area contributed by atoms with Crippen molar-refractivity contribution in [2.24, 2.45) is 5.10 Å². The maximum Gasteiger partial charge on any atom is 0.339 e. The first-order chi connectivity index (χ1) is 12.7. The lowest BCUT2D eigenvalue weighted by Crippen LogP contribution is -2.24. The van der Waals surface area contributed by atoms with Crippen LogP contribution in [0.2, 0.25) is 5.02 Å². The largest absolute Gasteiger partial charge is 0.497 e. The van der Waals surface area contributed by atoms with Gasteiger partial charge in [-0.2, -0.15) is 5.10 Å². The van der Waals surface area contributed by atoms with Gasteiger partial charge in [-0.3, -0.25) is 0 Å². The van der Waals surface area contributed by atoms with E-state index in [-0.39, 0.29) is 0 Å². The van der Waals surface area contributed by atoms with Crippen LogP contribution in [0.25, 0.3) is 5.69 Å². The number of methoxy groups -OCH3 is 1. The molecule has 0 unspecified atom stereocenters. The molecule has 0 spiro atoms. The number of urea groups is 1. The van der Waals surface area contributed by atoms with Gasteiger partial charge in [0.05, 0.1) is 19.0 Å². The minimum absolute atomic E-state index is 0.453. The predicted octanol–water partition coefficient (Wildman–Crippen LogP) is 4.29. The number of aromatic nitrogens is 1. The highest BCUT2D eigenvalue weighted by Gasteiger charge is 2.03. The van der Waals surface area contributed by atoms with Crippen molar-refractivity contribution < 1.29 is 9.53 Å². The first-order valence-electron chi connectivity index (χ1n) is 7.83. The van der Waals surface area contributed by atoms with E-state index >= 15 is 0 Å². The van der Waals surface area contributed by atoms with Crippen molar-refractivity contribution >= 4 is 29.5 Å². The summed E-state index contributed by atoms with van der Waals surface area (Å²) in [5.74, 6) is 0.787. The molecule has 0 atom stereocenters. The summed E-state index contributed by atoms with van der Waals surface area (Å²) < 4.78 is 7.11. The Morgan fingerprint density at radius 3 is 2.69 bits per heavy atom. The molecule has 0 aliphatic heterocycles. The molecule has 3 aromatic rings. The zero-order valence-electron chi connectivity index (χ0n) is 14.0. The van der Waals surface area contributed by atoms with Crippen LogP contribution in [-0.4, -0.2) is 23.9 Å². The van der Waals surface area contributed by atoms with Crippen LogP contribution in [0.3, 0.4) is 0 Å². The molecule has 0 bridgehead atoms. The molecule has 3 rings (SSSR count). The van der Waals surface area contributed by atoms with E-state index in [1.807, 2.05) is 47.2 Å². The highest BCUT2D eigenvalue weighted by Crippen LogP contribution is 2.17. The van der Waals surface area contributed by atoms with Gasteiger partial charge in [-0.25, -0.2) is 10.2 Å². The number of hydrogen-bond acceptors (Lipinski definition) is 3. The van der Waals surface area contributed by atoms with Crippen LogP contribution in [0, 0.1) is 0 Å². The van der Waals surface area contributed by atoms with E-state index < -0.39 is 6.03 Å². The highest BCUT2D eigenvalue weighted by atomic mass is 35.5. The average molecular weight is 369 g/mol. The second-order valence-corrected chi connectivity index (χ2v) is 5.77. The number of rotatable bonds is 5. The van der Waals surface area contributed by atoms with E-state index in [0.717, 1.165) is 17.1 Å². The monoisotopic (exact) mass is 368 g/mol. The van der Waals surface area contributed by atoms with Crippen LogP contribution in [-0.2, 0) is 0 Å². The van der Waals surface area contributed by atoms with Gasteiger partial charge in [0.2, 0.25) is 0 Å². The summed E-state index contributed by atoms with van der Waals surface area (Å²) in [5.41, 5.74) is 4.80. The molecule has 0 aliphatic carbocycles. The third-order valence-electron chi connectivity index (χ3n) is 3.58. The fourth-order valence-corrected chi connectivity index (χ4v) is 2.55. The third kappa shape index (κ3) is 4.43. The van der Waals surface area contributed by atoms with Gasteiger partial charge in [0, 0.05) is 22.6 Å². The molecule has 0 radical (unpaired) electrons. The van der Waals surface area contributed by atoms with E-state index in [2.05, 4.69) is 15.8 Å². The van der Waals surface area contributed by atoms with Crippen LogP contribution in [0.15, 0.2) is 72.0 Å². The topological polar surface area (TPSA) is 67.6 Å². The van der Waals surface area contributed by atoms with E-state index in [0.29, 0.717) is 10.7 Å². The SMILES string of the molecule is COc1ccc(-n2cccc2/C=N/NC(=O)Nc2cccc(Cl)c2)cc1. The van der Waals surface area contributed by atoms with Gasteiger partial charge in [0.25, 0.3) is 0 Å². The molecule has 2 aromatic carbocycles. The summed E-state index contributed by atoms with van der Waals surface area (Å²) in [7, 11) is 1.63. The summed E-state index contributed by atoms with van der Waals surface area (Å²) in [6.45, 7) is 0. The third-order valence-corrected chi connectivity index (χ3v) is 3.81. The lowest BCUT2D eigenvalue weighted by Gasteiger charge is -2.07. The van der Waals surface area contributed by atoms with Crippen molar-refractivity contribution in [2.45, 2.75) is 0 Å². The second-order valence-electron chi connectivity index (χ2n) is 5.34. The van der Waals surface area contributed by atoms with Gasteiger partial charge >= 0.3 is 6.03 Å². The Kier molecular flexibility index (Phi) is 5.56. The molecule has 1 heterocycles. The Morgan fingerprint density at radius 2 is 1.96 bits per heavy atom.